The second-order valence-corrected chi connectivity index (χ2v) is 6.00. The molecule has 0 spiro atoms. The van der Waals surface area contributed by atoms with Gasteiger partial charge in [-0.3, -0.25) is 0 Å². The first kappa shape index (κ1) is 9.17. The van der Waals surface area contributed by atoms with Crippen LogP contribution in [0.2, 0.25) is 0 Å². The van der Waals surface area contributed by atoms with Crippen LogP contribution in [0.15, 0.2) is 0 Å². The molecular weight excluding hydrogens is 174 g/mol. The standard InChI is InChI=1S/C12H21NO/c1-2-13-11-4-9-3-10(5-11)7-12(14,6-9)8-11/h9-10,13-14H,2-8H2,1H3/t9-,10+,11?,12?. The summed E-state index contributed by atoms with van der Waals surface area (Å²) in [6, 6.07) is 0. The van der Waals surface area contributed by atoms with Gasteiger partial charge in [0, 0.05) is 5.54 Å². The molecule has 0 saturated heterocycles. The van der Waals surface area contributed by atoms with Crippen molar-refractivity contribution < 1.29 is 5.11 Å². The summed E-state index contributed by atoms with van der Waals surface area (Å²) in [5, 5.41) is 14.1. The molecule has 4 bridgehead atoms. The highest BCUT2D eigenvalue weighted by Crippen LogP contribution is 2.57. The summed E-state index contributed by atoms with van der Waals surface area (Å²) in [5.41, 5.74) is 0.0137. The Hall–Kier alpha value is -0.0800. The van der Waals surface area contributed by atoms with Crippen molar-refractivity contribution in [1.82, 2.24) is 5.32 Å². The van der Waals surface area contributed by atoms with E-state index in [9.17, 15) is 5.11 Å². The highest BCUT2D eigenvalue weighted by atomic mass is 16.3. The normalized spacial score (nSPS) is 55.3. The van der Waals surface area contributed by atoms with Gasteiger partial charge in [-0.1, -0.05) is 6.92 Å². The molecule has 4 fully saturated rings. The largest absolute Gasteiger partial charge is 0.390 e. The van der Waals surface area contributed by atoms with E-state index in [1.807, 2.05) is 0 Å². The molecule has 0 heterocycles. The Balaban J connectivity index is 1.89. The Bertz CT molecular complexity index is 237. The minimum atomic E-state index is -0.299. The molecule has 4 rings (SSSR count). The number of hydrogen-bond acceptors (Lipinski definition) is 2. The molecule has 4 atom stereocenters. The Morgan fingerprint density at radius 1 is 1.21 bits per heavy atom. The van der Waals surface area contributed by atoms with Crippen LogP contribution in [0.4, 0.5) is 0 Å². The van der Waals surface area contributed by atoms with Gasteiger partial charge in [0.2, 0.25) is 0 Å². The van der Waals surface area contributed by atoms with Crippen LogP contribution in [0.3, 0.4) is 0 Å². The molecule has 80 valence electrons. The maximum Gasteiger partial charge on any atom is 0.0670 e. The third kappa shape index (κ3) is 1.24. The van der Waals surface area contributed by atoms with Crippen molar-refractivity contribution in [2.75, 3.05) is 6.54 Å². The van der Waals surface area contributed by atoms with Gasteiger partial charge < -0.3 is 10.4 Å². The van der Waals surface area contributed by atoms with Crippen molar-refractivity contribution >= 4 is 0 Å². The van der Waals surface area contributed by atoms with Crippen LogP contribution in [0.5, 0.6) is 0 Å². The molecule has 0 aromatic carbocycles. The molecule has 14 heavy (non-hydrogen) atoms. The molecule has 0 radical (unpaired) electrons. The fourth-order valence-electron chi connectivity index (χ4n) is 4.80. The number of rotatable bonds is 2. The Labute approximate surface area is 86.1 Å². The average molecular weight is 195 g/mol. The van der Waals surface area contributed by atoms with E-state index in [4.69, 9.17) is 0 Å². The van der Waals surface area contributed by atoms with Crippen LogP contribution in [0.25, 0.3) is 0 Å². The zero-order chi connectivity index (χ0) is 9.81. The minimum absolute atomic E-state index is 0.299. The van der Waals surface area contributed by atoms with E-state index in [0.29, 0.717) is 5.54 Å². The number of aliphatic hydroxyl groups is 1. The first-order chi connectivity index (χ1) is 6.63. The zero-order valence-electron chi connectivity index (χ0n) is 9.05. The Morgan fingerprint density at radius 2 is 1.86 bits per heavy atom. The van der Waals surface area contributed by atoms with Crippen molar-refractivity contribution in [3.8, 4) is 0 Å². The molecule has 4 aliphatic rings. The summed E-state index contributed by atoms with van der Waals surface area (Å²) < 4.78 is 0. The Morgan fingerprint density at radius 3 is 2.36 bits per heavy atom. The number of hydrogen-bond donors (Lipinski definition) is 2. The van der Waals surface area contributed by atoms with Crippen LogP contribution in [-0.4, -0.2) is 22.8 Å². The van der Waals surface area contributed by atoms with Crippen LogP contribution in [0.1, 0.15) is 45.4 Å². The molecule has 2 heteroatoms. The maximum absolute atomic E-state index is 10.5. The number of nitrogens with one attached hydrogen (secondary N) is 1. The molecule has 2 nitrogen and oxygen atoms in total. The smallest absolute Gasteiger partial charge is 0.0670 e. The first-order valence-electron chi connectivity index (χ1n) is 6.11. The van der Waals surface area contributed by atoms with Crippen molar-refractivity contribution in [2.45, 2.75) is 56.6 Å². The predicted octanol–water partition coefficient (Wildman–Crippen LogP) is 1.68. The molecule has 2 unspecified atom stereocenters. The molecule has 0 aromatic rings. The van der Waals surface area contributed by atoms with Crippen LogP contribution >= 0.6 is 0 Å². The summed E-state index contributed by atoms with van der Waals surface area (Å²) in [6.07, 6.45) is 7.20. The first-order valence-corrected chi connectivity index (χ1v) is 6.11. The van der Waals surface area contributed by atoms with Gasteiger partial charge in [0.15, 0.2) is 0 Å². The van der Waals surface area contributed by atoms with Gasteiger partial charge in [-0.15, -0.1) is 0 Å². The summed E-state index contributed by atoms with van der Waals surface area (Å²) in [5.74, 6) is 1.61. The van der Waals surface area contributed by atoms with Crippen LogP contribution < -0.4 is 5.32 Å². The average Bonchev–Trinajstić information content (AvgIpc) is 1.97. The van der Waals surface area contributed by atoms with E-state index in [2.05, 4.69) is 12.2 Å². The molecule has 2 N–H and O–H groups in total. The third-order valence-electron chi connectivity index (χ3n) is 4.58. The SMILES string of the molecule is CCNC12C[C@@H]3C[C@@H](CC(O)(C3)C1)C2. The van der Waals surface area contributed by atoms with E-state index in [1.54, 1.807) is 0 Å². The van der Waals surface area contributed by atoms with Gasteiger partial charge in [0.25, 0.3) is 0 Å². The fourth-order valence-corrected chi connectivity index (χ4v) is 4.80. The quantitative estimate of drug-likeness (QED) is 0.702. The van der Waals surface area contributed by atoms with E-state index in [-0.39, 0.29) is 5.60 Å². The molecular formula is C12H21NO. The fraction of sp³-hybridized carbons (Fsp3) is 1.00. The van der Waals surface area contributed by atoms with Crippen molar-refractivity contribution in [1.29, 1.82) is 0 Å². The van der Waals surface area contributed by atoms with E-state index in [0.717, 1.165) is 37.6 Å². The topological polar surface area (TPSA) is 32.3 Å². The van der Waals surface area contributed by atoms with Gasteiger partial charge in [0.1, 0.15) is 0 Å². The minimum Gasteiger partial charge on any atom is -0.390 e. The molecule has 4 saturated carbocycles. The van der Waals surface area contributed by atoms with E-state index >= 15 is 0 Å². The van der Waals surface area contributed by atoms with Gasteiger partial charge in [-0.2, -0.15) is 0 Å². The Kier molecular flexibility index (Phi) is 1.79. The molecule has 0 aromatic heterocycles. The summed E-state index contributed by atoms with van der Waals surface area (Å²) in [6.45, 7) is 3.23. The van der Waals surface area contributed by atoms with Crippen molar-refractivity contribution in [3.05, 3.63) is 0 Å². The van der Waals surface area contributed by atoms with Crippen molar-refractivity contribution in [3.63, 3.8) is 0 Å². The molecule has 4 aliphatic carbocycles. The molecule has 0 aliphatic heterocycles. The lowest BCUT2D eigenvalue weighted by atomic mass is 9.51. The predicted molar refractivity (Wildman–Crippen MR) is 56.0 cm³/mol. The van der Waals surface area contributed by atoms with Gasteiger partial charge in [-0.05, 0) is 56.9 Å². The van der Waals surface area contributed by atoms with Gasteiger partial charge in [0.05, 0.1) is 5.60 Å². The monoisotopic (exact) mass is 195 g/mol. The third-order valence-corrected chi connectivity index (χ3v) is 4.58. The summed E-state index contributed by atoms with van der Waals surface area (Å²) in [4.78, 5) is 0. The second-order valence-electron chi connectivity index (χ2n) is 6.00. The summed E-state index contributed by atoms with van der Waals surface area (Å²) >= 11 is 0. The van der Waals surface area contributed by atoms with E-state index < -0.39 is 0 Å². The van der Waals surface area contributed by atoms with E-state index in [1.165, 1.54) is 19.3 Å². The lowest BCUT2D eigenvalue weighted by Crippen LogP contribution is -2.64. The molecule has 0 amide bonds. The highest BCUT2D eigenvalue weighted by molar-refractivity contribution is 5.12. The van der Waals surface area contributed by atoms with Crippen molar-refractivity contribution in [2.24, 2.45) is 11.8 Å². The second kappa shape index (κ2) is 2.73. The van der Waals surface area contributed by atoms with Crippen LogP contribution in [0, 0.1) is 11.8 Å². The lowest BCUT2D eigenvalue weighted by Gasteiger charge is -2.60. The van der Waals surface area contributed by atoms with Crippen LogP contribution in [-0.2, 0) is 0 Å². The zero-order valence-corrected chi connectivity index (χ0v) is 9.05. The van der Waals surface area contributed by atoms with Gasteiger partial charge in [-0.25, -0.2) is 0 Å². The lowest BCUT2D eigenvalue weighted by molar-refractivity contribution is -0.141. The van der Waals surface area contributed by atoms with Gasteiger partial charge >= 0.3 is 0 Å². The highest BCUT2D eigenvalue weighted by Gasteiger charge is 2.56. The maximum atomic E-state index is 10.5. The summed E-state index contributed by atoms with van der Waals surface area (Å²) in [7, 11) is 0.